The van der Waals surface area contributed by atoms with E-state index in [0.717, 1.165) is 55.6 Å². The van der Waals surface area contributed by atoms with E-state index in [9.17, 15) is 9.59 Å². The van der Waals surface area contributed by atoms with E-state index in [1.54, 1.807) is 0 Å². The van der Waals surface area contributed by atoms with Crippen LogP contribution in [0.15, 0.2) is 84.9 Å². The number of aryl methyl sites for hydroxylation is 2. The van der Waals surface area contributed by atoms with Crippen LogP contribution in [0.2, 0.25) is 0 Å². The summed E-state index contributed by atoms with van der Waals surface area (Å²) >= 11 is 0. The molecule has 0 aliphatic heterocycles. The number of benzene rings is 4. The average Bonchev–Trinajstić information content (AvgIpc) is 2.82. The minimum absolute atomic E-state index is 0.0470. The Morgan fingerprint density at radius 1 is 0.469 bits per heavy atom. The van der Waals surface area contributed by atoms with E-state index in [4.69, 9.17) is 0 Å². The van der Waals surface area contributed by atoms with Gasteiger partial charge in [-0.25, -0.2) is 0 Å². The summed E-state index contributed by atoms with van der Waals surface area (Å²) in [7, 11) is 0. The highest BCUT2D eigenvalue weighted by Gasteiger charge is 2.42. The molecule has 2 nitrogen and oxygen atoms in total. The van der Waals surface area contributed by atoms with Gasteiger partial charge in [0, 0.05) is 34.1 Å². The van der Waals surface area contributed by atoms with E-state index >= 15 is 0 Å². The first-order valence-corrected chi connectivity index (χ1v) is 11.0. The number of rotatable bonds is 1. The van der Waals surface area contributed by atoms with Crippen molar-refractivity contribution in [2.75, 3.05) is 0 Å². The highest BCUT2D eigenvalue weighted by Crippen LogP contribution is 2.52. The lowest BCUT2D eigenvalue weighted by Gasteiger charge is -2.39. The normalized spacial score (nSPS) is 18.4. The number of carbonyl (C=O) groups is 2. The second-order valence-electron chi connectivity index (χ2n) is 8.86. The van der Waals surface area contributed by atoms with Gasteiger partial charge in [0.2, 0.25) is 0 Å². The fraction of sp³-hybridized carbons (Fsp3) is 0.133. The van der Waals surface area contributed by atoms with Gasteiger partial charge in [-0.15, -0.1) is 0 Å². The Hall–Kier alpha value is -3.78. The summed E-state index contributed by atoms with van der Waals surface area (Å²) in [6.45, 7) is 4.18. The quantitative estimate of drug-likeness (QED) is 0.363. The maximum atomic E-state index is 13.4. The van der Waals surface area contributed by atoms with E-state index in [1.807, 2.05) is 60.7 Å². The Balaban J connectivity index is 1.74. The van der Waals surface area contributed by atoms with Crippen molar-refractivity contribution >= 4 is 11.6 Å². The molecule has 2 atom stereocenters. The monoisotopic (exact) mass is 414 g/mol. The van der Waals surface area contributed by atoms with Crippen LogP contribution in [0.25, 0.3) is 0 Å². The molecule has 4 aromatic rings. The zero-order chi connectivity index (χ0) is 22.0. The summed E-state index contributed by atoms with van der Waals surface area (Å²) < 4.78 is 0. The molecular formula is C30H22O2. The van der Waals surface area contributed by atoms with Crippen LogP contribution in [0.1, 0.15) is 77.1 Å². The van der Waals surface area contributed by atoms with E-state index in [2.05, 4.69) is 38.1 Å². The number of fused-ring (bicyclic) bond motifs is 4. The predicted octanol–water partition coefficient (Wildman–Crippen LogP) is 6.36. The molecule has 2 aliphatic carbocycles. The molecule has 0 spiro atoms. The first-order chi connectivity index (χ1) is 15.6. The zero-order valence-electron chi connectivity index (χ0n) is 18.1. The minimum Gasteiger partial charge on any atom is -0.289 e. The van der Waals surface area contributed by atoms with Gasteiger partial charge in [-0.2, -0.15) is 0 Å². The van der Waals surface area contributed by atoms with E-state index < -0.39 is 0 Å². The maximum absolute atomic E-state index is 13.4. The van der Waals surface area contributed by atoms with Gasteiger partial charge in [0.15, 0.2) is 11.6 Å². The van der Waals surface area contributed by atoms with Crippen molar-refractivity contribution in [2.45, 2.75) is 25.7 Å². The van der Waals surface area contributed by atoms with Gasteiger partial charge in [0.25, 0.3) is 0 Å². The molecule has 154 valence electrons. The molecule has 6 rings (SSSR count). The second kappa shape index (κ2) is 6.86. The lowest BCUT2D eigenvalue weighted by Crippen LogP contribution is -2.30. The number of carbonyl (C=O) groups excluding carboxylic acids is 2. The average molecular weight is 415 g/mol. The van der Waals surface area contributed by atoms with Crippen molar-refractivity contribution in [3.8, 4) is 0 Å². The SMILES string of the molecule is Cc1cccc2c1C(C1c3ccccc3C(=O)c3cccc(C)c31)c1ccccc1C2=O. The standard InChI is InChI=1S/C30H22O2/c1-17-9-7-15-23-25(17)27(19-11-3-5-13-21(19)29(23)31)28-20-12-4-6-14-22(20)30(32)24-16-8-10-18(2)26(24)28/h3-16,27-28H,1-2H3. The summed E-state index contributed by atoms with van der Waals surface area (Å²) in [5, 5.41) is 0. The Kier molecular flexibility index (Phi) is 4.06. The molecule has 4 aromatic carbocycles. The third-order valence-corrected chi connectivity index (χ3v) is 7.17. The molecule has 0 saturated carbocycles. The van der Waals surface area contributed by atoms with Gasteiger partial charge in [0.05, 0.1) is 0 Å². The summed E-state index contributed by atoms with van der Waals surface area (Å²) in [6.07, 6.45) is 0. The van der Waals surface area contributed by atoms with Crippen molar-refractivity contribution in [3.05, 3.63) is 141 Å². The van der Waals surface area contributed by atoms with Crippen molar-refractivity contribution < 1.29 is 9.59 Å². The molecule has 0 fully saturated rings. The molecule has 2 unspecified atom stereocenters. The molecule has 0 radical (unpaired) electrons. The highest BCUT2D eigenvalue weighted by atomic mass is 16.1. The number of hydrogen-bond acceptors (Lipinski definition) is 2. The van der Waals surface area contributed by atoms with Crippen LogP contribution in [0.5, 0.6) is 0 Å². The fourth-order valence-electron chi connectivity index (χ4n) is 5.83. The summed E-state index contributed by atoms with van der Waals surface area (Å²) in [5.74, 6) is 0.0739. The Morgan fingerprint density at radius 2 is 0.844 bits per heavy atom. The van der Waals surface area contributed by atoms with Crippen LogP contribution in [-0.4, -0.2) is 11.6 Å². The number of ketones is 2. The van der Waals surface area contributed by atoms with Crippen molar-refractivity contribution in [2.24, 2.45) is 0 Å². The molecule has 0 heterocycles. The lowest BCUT2D eigenvalue weighted by molar-refractivity contribution is 0.102. The van der Waals surface area contributed by atoms with Crippen LogP contribution >= 0.6 is 0 Å². The largest absolute Gasteiger partial charge is 0.289 e. The Labute approximate surface area is 187 Å². The summed E-state index contributed by atoms with van der Waals surface area (Å²) in [6, 6.07) is 28.0. The van der Waals surface area contributed by atoms with E-state index in [-0.39, 0.29) is 23.4 Å². The van der Waals surface area contributed by atoms with Crippen LogP contribution in [0, 0.1) is 13.8 Å². The molecule has 2 aliphatic rings. The van der Waals surface area contributed by atoms with Gasteiger partial charge >= 0.3 is 0 Å². The molecule has 2 heteroatoms. The van der Waals surface area contributed by atoms with Crippen LogP contribution < -0.4 is 0 Å². The third kappa shape index (κ3) is 2.47. The van der Waals surface area contributed by atoms with Crippen molar-refractivity contribution in [1.82, 2.24) is 0 Å². The van der Waals surface area contributed by atoms with Gasteiger partial charge in [-0.3, -0.25) is 9.59 Å². The topological polar surface area (TPSA) is 34.1 Å². The van der Waals surface area contributed by atoms with Gasteiger partial charge in [-0.1, -0.05) is 84.9 Å². The van der Waals surface area contributed by atoms with Crippen LogP contribution in [0.3, 0.4) is 0 Å². The molecule has 0 saturated heterocycles. The van der Waals surface area contributed by atoms with Gasteiger partial charge < -0.3 is 0 Å². The molecule has 32 heavy (non-hydrogen) atoms. The smallest absolute Gasteiger partial charge is 0.193 e. The number of hydrogen-bond donors (Lipinski definition) is 0. The van der Waals surface area contributed by atoms with Crippen LogP contribution in [0.4, 0.5) is 0 Å². The van der Waals surface area contributed by atoms with E-state index in [1.165, 1.54) is 0 Å². The fourth-order valence-corrected chi connectivity index (χ4v) is 5.83. The highest BCUT2D eigenvalue weighted by molar-refractivity contribution is 6.15. The van der Waals surface area contributed by atoms with Gasteiger partial charge in [0.1, 0.15) is 0 Å². The third-order valence-electron chi connectivity index (χ3n) is 7.17. The van der Waals surface area contributed by atoms with Crippen molar-refractivity contribution in [3.63, 3.8) is 0 Å². The lowest BCUT2D eigenvalue weighted by atomic mass is 9.62. The summed E-state index contributed by atoms with van der Waals surface area (Å²) in [5.41, 5.74) is 9.56. The Bertz CT molecular complexity index is 1330. The zero-order valence-corrected chi connectivity index (χ0v) is 18.1. The first-order valence-electron chi connectivity index (χ1n) is 11.0. The summed E-state index contributed by atoms with van der Waals surface area (Å²) in [4.78, 5) is 26.9. The Morgan fingerprint density at radius 3 is 1.28 bits per heavy atom. The minimum atomic E-state index is -0.0470. The molecule has 0 N–H and O–H groups in total. The predicted molar refractivity (Wildman–Crippen MR) is 126 cm³/mol. The van der Waals surface area contributed by atoms with Gasteiger partial charge in [-0.05, 0) is 47.2 Å². The molecule has 0 aromatic heterocycles. The second-order valence-corrected chi connectivity index (χ2v) is 8.86. The maximum Gasteiger partial charge on any atom is 0.193 e. The first kappa shape index (κ1) is 18.9. The van der Waals surface area contributed by atoms with Crippen molar-refractivity contribution in [1.29, 1.82) is 0 Å². The molecule has 0 bridgehead atoms. The molecule has 0 amide bonds. The molecular weight excluding hydrogens is 392 g/mol. The van der Waals surface area contributed by atoms with Crippen LogP contribution in [-0.2, 0) is 0 Å². The van der Waals surface area contributed by atoms with E-state index in [0.29, 0.717) is 0 Å².